The molecule has 0 saturated carbocycles. The largest absolute Gasteiger partial charge is 0.278 e. The maximum absolute atomic E-state index is 13.1. The van der Waals surface area contributed by atoms with Gasteiger partial charge in [-0.2, -0.15) is 0 Å². The number of alkyl halides is 2. The average Bonchev–Trinajstić information content (AvgIpc) is 2.16. The van der Waals surface area contributed by atoms with Crippen LogP contribution in [0.15, 0.2) is 35.4 Å². The van der Waals surface area contributed by atoms with Crippen LogP contribution in [0.5, 0.6) is 0 Å². The van der Waals surface area contributed by atoms with Crippen molar-refractivity contribution in [1.29, 1.82) is 0 Å². The molecule has 0 saturated heterocycles. The van der Waals surface area contributed by atoms with E-state index in [1.807, 2.05) is 0 Å². The highest BCUT2D eigenvalue weighted by atomic mass is 19.3. The van der Waals surface area contributed by atoms with Gasteiger partial charge in [0.15, 0.2) is 0 Å². The van der Waals surface area contributed by atoms with Crippen LogP contribution < -0.4 is 0 Å². The monoisotopic (exact) mass is 183 g/mol. The molecule has 5 heteroatoms. The van der Waals surface area contributed by atoms with E-state index in [0.717, 1.165) is 0 Å². The number of benzene rings is 1. The predicted octanol–water partition coefficient (Wildman–Crippen LogP) is 3.09. The van der Waals surface area contributed by atoms with Gasteiger partial charge in [-0.3, -0.25) is 0 Å². The number of rotatable bonds is 3. The smallest absolute Gasteiger partial charge is 0.201 e. The molecule has 0 aliphatic carbocycles. The van der Waals surface area contributed by atoms with Gasteiger partial charge in [0.25, 0.3) is 5.92 Å². The highest BCUT2D eigenvalue weighted by Gasteiger charge is 2.29. The Kier molecular flexibility index (Phi) is 2.82. The third-order valence-electron chi connectivity index (χ3n) is 1.53. The molecule has 0 radical (unpaired) electrons. The molecule has 1 aromatic carbocycles. The summed E-state index contributed by atoms with van der Waals surface area (Å²) in [5, 5.41) is 2.85. The Labute approximate surface area is 73.6 Å². The summed E-state index contributed by atoms with van der Waals surface area (Å²) in [6.07, 6.45) is 0. The lowest BCUT2D eigenvalue weighted by Gasteiger charge is -2.12. The van der Waals surface area contributed by atoms with E-state index in [0.29, 0.717) is 0 Å². The van der Waals surface area contributed by atoms with Gasteiger partial charge >= 0.3 is 0 Å². The number of hydrogen-bond donors (Lipinski definition) is 0. The van der Waals surface area contributed by atoms with E-state index in [-0.39, 0.29) is 5.56 Å². The van der Waals surface area contributed by atoms with Crippen molar-refractivity contribution < 1.29 is 8.78 Å². The van der Waals surface area contributed by atoms with Crippen LogP contribution in [-0.4, -0.2) is 6.54 Å². The summed E-state index contributed by atoms with van der Waals surface area (Å²) in [4.78, 5) is 2.29. The highest BCUT2D eigenvalue weighted by Crippen LogP contribution is 2.27. The maximum atomic E-state index is 13.1. The van der Waals surface area contributed by atoms with Crippen molar-refractivity contribution in [3.05, 3.63) is 46.3 Å². The summed E-state index contributed by atoms with van der Waals surface area (Å²) in [6.45, 7) is -0.840. The first kappa shape index (κ1) is 9.48. The summed E-state index contributed by atoms with van der Waals surface area (Å²) < 4.78 is 26.2. The van der Waals surface area contributed by atoms with Crippen molar-refractivity contribution >= 4 is 0 Å². The lowest BCUT2D eigenvalue weighted by molar-refractivity contribution is 0.00611. The van der Waals surface area contributed by atoms with Gasteiger partial charge in [-0.15, -0.1) is 0 Å². The van der Waals surface area contributed by atoms with Gasteiger partial charge in [-0.25, -0.2) is 8.78 Å². The predicted molar refractivity (Wildman–Crippen MR) is 44.3 cm³/mol. The van der Waals surface area contributed by atoms with Crippen molar-refractivity contribution in [3.63, 3.8) is 0 Å². The molecule has 3 nitrogen and oxygen atoms in total. The summed E-state index contributed by atoms with van der Waals surface area (Å²) in [5.74, 6) is -3.08. The first-order valence-electron chi connectivity index (χ1n) is 3.61. The zero-order valence-corrected chi connectivity index (χ0v) is 6.69. The van der Waals surface area contributed by atoms with Gasteiger partial charge in [0, 0.05) is 10.5 Å². The number of hydrogen-bond acceptors (Lipinski definition) is 1. The van der Waals surface area contributed by atoms with Crippen molar-refractivity contribution in [1.82, 2.24) is 0 Å². The van der Waals surface area contributed by atoms with E-state index in [4.69, 9.17) is 5.53 Å². The molecule has 0 fully saturated rings. The van der Waals surface area contributed by atoms with Crippen LogP contribution in [-0.2, 0) is 5.92 Å². The van der Waals surface area contributed by atoms with E-state index in [1.54, 1.807) is 6.07 Å². The van der Waals surface area contributed by atoms with Crippen LogP contribution in [0.25, 0.3) is 10.4 Å². The van der Waals surface area contributed by atoms with Crippen molar-refractivity contribution in [2.45, 2.75) is 5.92 Å². The van der Waals surface area contributed by atoms with E-state index in [1.165, 1.54) is 24.3 Å². The summed E-state index contributed by atoms with van der Waals surface area (Å²) in [6, 6.07) is 7.27. The van der Waals surface area contributed by atoms with Crippen LogP contribution >= 0.6 is 0 Å². The Morgan fingerprint density at radius 2 is 1.92 bits per heavy atom. The van der Waals surface area contributed by atoms with Gasteiger partial charge in [0.1, 0.15) is 0 Å². The Hall–Kier alpha value is -1.61. The lowest BCUT2D eigenvalue weighted by atomic mass is 10.1. The SMILES string of the molecule is [N-]=[N+]=NCC(F)(F)c1ccccc1. The number of halogens is 2. The minimum Gasteiger partial charge on any atom is -0.201 e. The molecule has 0 atom stereocenters. The molecular formula is C8H7F2N3. The standard InChI is InChI=1S/C8H7F2N3/c9-8(10,6-12-13-11)7-4-2-1-3-5-7/h1-5H,6H2. The van der Waals surface area contributed by atoms with Crippen LogP contribution in [0.3, 0.4) is 0 Å². The van der Waals surface area contributed by atoms with Crippen molar-refractivity contribution in [2.24, 2.45) is 5.11 Å². The molecule has 13 heavy (non-hydrogen) atoms. The molecule has 0 aromatic heterocycles. The molecule has 0 bridgehead atoms. The summed E-state index contributed by atoms with van der Waals surface area (Å²) >= 11 is 0. The van der Waals surface area contributed by atoms with E-state index >= 15 is 0 Å². The van der Waals surface area contributed by atoms with Crippen molar-refractivity contribution in [2.75, 3.05) is 6.54 Å². The minimum absolute atomic E-state index is 0.137. The molecule has 0 unspecified atom stereocenters. The Balaban J connectivity index is 2.87. The fraction of sp³-hybridized carbons (Fsp3) is 0.250. The summed E-state index contributed by atoms with van der Waals surface area (Å²) in [7, 11) is 0. The Bertz CT molecular complexity index is 317. The van der Waals surface area contributed by atoms with Crippen LogP contribution in [0.4, 0.5) is 8.78 Å². The molecule has 68 valence electrons. The van der Waals surface area contributed by atoms with Crippen LogP contribution in [0.1, 0.15) is 5.56 Å². The van der Waals surface area contributed by atoms with E-state index < -0.39 is 12.5 Å². The quantitative estimate of drug-likeness (QED) is 0.392. The molecule has 1 aromatic rings. The molecule has 0 aliphatic rings. The third-order valence-corrected chi connectivity index (χ3v) is 1.53. The van der Waals surface area contributed by atoms with Gasteiger partial charge in [-0.05, 0) is 5.53 Å². The molecule has 1 rings (SSSR count). The normalized spacial score (nSPS) is 10.6. The maximum Gasteiger partial charge on any atom is 0.278 e. The second-order valence-corrected chi connectivity index (χ2v) is 2.46. The van der Waals surface area contributed by atoms with Gasteiger partial charge in [-0.1, -0.05) is 35.4 Å². The number of azide groups is 1. The van der Waals surface area contributed by atoms with Gasteiger partial charge < -0.3 is 0 Å². The molecule has 0 heterocycles. The van der Waals surface area contributed by atoms with E-state index in [9.17, 15) is 8.78 Å². The summed E-state index contributed by atoms with van der Waals surface area (Å²) in [5.41, 5.74) is 7.76. The first-order valence-corrected chi connectivity index (χ1v) is 3.61. The van der Waals surface area contributed by atoms with Gasteiger partial charge in [0.05, 0.1) is 6.54 Å². The fourth-order valence-corrected chi connectivity index (χ4v) is 0.894. The van der Waals surface area contributed by atoms with Gasteiger partial charge in [0.2, 0.25) is 0 Å². The third kappa shape index (κ3) is 2.42. The minimum atomic E-state index is -3.08. The van der Waals surface area contributed by atoms with Crippen LogP contribution in [0.2, 0.25) is 0 Å². The fourth-order valence-electron chi connectivity index (χ4n) is 0.894. The lowest BCUT2D eigenvalue weighted by Crippen LogP contribution is -2.16. The highest BCUT2D eigenvalue weighted by molar-refractivity contribution is 5.20. The average molecular weight is 183 g/mol. The molecule has 0 spiro atoms. The molecule has 0 N–H and O–H groups in total. The first-order chi connectivity index (χ1) is 6.17. The second-order valence-electron chi connectivity index (χ2n) is 2.46. The zero-order chi connectivity index (χ0) is 9.73. The molecule has 0 aliphatic heterocycles. The molecular weight excluding hydrogens is 176 g/mol. The topological polar surface area (TPSA) is 48.8 Å². The number of nitrogens with zero attached hydrogens (tertiary/aromatic N) is 3. The van der Waals surface area contributed by atoms with Crippen molar-refractivity contribution in [3.8, 4) is 0 Å². The Morgan fingerprint density at radius 1 is 1.31 bits per heavy atom. The Morgan fingerprint density at radius 3 is 2.46 bits per heavy atom. The zero-order valence-electron chi connectivity index (χ0n) is 6.69. The molecule has 0 amide bonds. The van der Waals surface area contributed by atoms with E-state index in [2.05, 4.69) is 10.0 Å². The van der Waals surface area contributed by atoms with Crippen LogP contribution in [0, 0.1) is 0 Å². The second kappa shape index (κ2) is 3.87.